The van der Waals surface area contributed by atoms with Crippen LogP contribution in [0.2, 0.25) is 5.02 Å². The number of hydrogen-bond donors (Lipinski definition) is 1. The second kappa shape index (κ2) is 9.06. The van der Waals surface area contributed by atoms with Crippen molar-refractivity contribution in [1.29, 1.82) is 0 Å². The normalized spacial score (nSPS) is 15.9. The molecule has 1 N–H and O–H groups in total. The van der Waals surface area contributed by atoms with Crippen molar-refractivity contribution in [3.8, 4) is 17.0 Å². The van der Waals surface area contributed by atoms with E-state index in [9.17, 15) is 13.2 Å². The van der Waals surface area contributed by atoms with E-state index in [0.717, 1.165) is 56.2 Å². The van der Waals surface area contributed by atoms with Crippen LogP contribution in [0.15, 0.2) is 36.5 Å². The Kier molecular flexibility index (Phi) is 6.41. The second-order valence-corrected chi connectivity index (χ2v) is 7.92. The Hall–Kier alpha value is -2.29. The lowest BCUT2D eigenvalue weighted by molar-refractivity contribution is -0.137. The molecule has 0 aliphatic carbocycles. The van der Waals surface area contributed by atoms with Gasteiger partial charge in [-0.15, -0.1) is 0 Å². The summed E-state index contributed by atoms with van der Waals surface area (Å²) in [5, 5.41) is 3.33. The first-order valence-corrected chi connectivity index (χ1v) is 10.7. The van der Waals surface area contributed by atoms with Gasteiger partial charge in [0.2, 0.25) is 0 Å². The molecule has 1 fully saturated rings. The molecule has 0 spiro atoms. The first-order valence-electron chi connectivity index (χ1n) is 10.3. The highest BCUT2D eigenvalue weighted by molar-refractivity contribution is 6.33. The highest BCUT2D eigenvalue weighted by Crippen LogP contribution is 2.35. The summed E-state index contributed by atoms with van der Waals surface area (Å²) in [6.07, 6.45) is -2.42. The number of pyridine rings is 1. The minimum Gasteiger partial charge on any atom is -0.494 e. The third-order valence-electron chi connectivity index (χ3n) is 5.35. The minimum absolute atomic E-state index is 0.0224. The van der Waals surface area contributed by atoms with Gasteiger partial charge in [-0.1, -0.05) is 11.6 Å². The maximum atomic E-state index is 13.5. The van der Waals surface area contributed by atoms with Crippen LogP contribution in [0.25, 0.3) is 16.9 Å². The Morgan fingerprint density at radius 3 is 2.65 bits per heavy atom. The van der Waals surface area contributed by atoms with Crippen LogP contribution in [-0.2, 0) is 12.7 Å². The summed E-state index contributed by atoms with van der Waals surface area (Å²) in [6.45, 7) is 6.37. The standard InChI is InChI=1S/C22H24ClF3N4O/c1-2-31-17-6-4-15(5-7-17)20-19(14-29-10-3-8-27-9-11-29)30-13-16(22(24,25)26)12-18(23)21(30)28-20/h4-7,12-13,27H,2-3,8-11,14H2,1H3. The lowest BCUT2D eigenvalue weighted by Gasteiger charge is -2.20. The summed E-state index contributed by atoms with van der Waals surface area (Å²) in [7, 11) is 0. The zero-order valence-electron chi connectivity index (χ0n) is 17.2. The predicted molar refractivity (Wildman–Crippen MR) is 115 cm³/mol. The number of imidazole rings is 1. The molecule has 1 aromatic carbocycles. The Morgan fingerprint density at radius 1 is 1.16 bits per heavy atom. The second-order valence-electron chi connectivity index (χ2n) is 7.51. The van der Waals surface area contributed by atoms with Gasteiger partial charge in [0.05, 0.1) is 28.6 Å². The maximum absolute atomic E-state index is 13.5. The van der Waals surface area contributed by atoms with Gasteiger partial charge < -0.3 is 14.5 Å². The van der Waals surface area contributed by atoms with Crippen LogP contribution >= 0.6 is 11.6 Å². The minimum atomic E-state index is -4.49. The largest absolute Gasteiger partial charge is 0.494 e. The smallest absolute Gasteiger partial charge is 0.417 e. The van der Waals surface area contributed by atoms with Crippen LogP contribution in [0.1, 0.15) is 24.6 Å². The number of hydrogen-bond acceptors (Lipinski definition) is 4. The molecule has 0 unspecified atom stereocenters. The number of ether oxygens (including phenoxy) is 1. The molecule has 0 amide bonds. The van der Waals surface area contributed by atoms with Gasteiger partial charge in [0, 0.05) is 31.4 Å². The highest BCUT2D eigenvalue weighted by atomic mass is 35.5. The number of nitrogens with one attached hydrogen (secondary N) is 1. The SMILES string of the molecule is CCOc1ccc(-c2nc3c(Cl)cc(C(F)(F)F)cn3c2CN2CCCNCC2)cc1. The van der Waals surface area contributed by atoms with Gasteiger partial charge in [0.15, 0.2) is 5.65 Å². The molecular formula is C22H24ClF3N4O. The Balaban J connectivity index is 1.84. The van der Waals surface area contributed by atoms with Gasteiger partial charge in [-0.25, -0.2) is 4.98 Å². The number of halogens is 4. The number of benzene rings is 1. The number of aromatic nitrogens is 2. The number of nitrogens with zero attached hydrogens (tertiary/aromatic N) is 3. The van der Waals surface area contributed by atoms with E-state index in [2.05, 4.69) is 15.2 Å². The van der Waals surface area contributed by atoms with Crippen LogP contribution < -0.4 is 10.1 Å². The first-order chi connectivity index (χ1) is 14.9. The summed E-state index contributed by atoms with van der Waals surface area (Å²) in [6, 6.07) is 8.36. The summed E-state index contributed by atoms with van der Waals surface area (Å²) in [5.41, 5.74) is 1.65. The van der Waals surface area contributed by atoms with E-state index >= 15 is 0 Å². The number of alkyl halides is 3. The Bertz CT molecular complexity index is 1040. The average Bonchev–Trinajstić information content (AvgIpc) is 2.90. The fourth-order valence-corrected chi connectivity index (χ4v) is 4.09. The molecule has 1 saturated heterocycles. The highest BCUT2D eigenvalue weighted by Gasteiger charge is 2.32. The van der Waals surface area contributed by atoms with Gasteiger partial charge in [0.1, 0.15) is 5.75 Å². The molecule has 0 saturated carbocycles. The molecule has 1 aliphatic rings. The topological polar surface area (TPSA) is 41.8 Å². The van der Waals surface area contributed by atoms with Crippen molar-refractivity contribution in [2.24, 2.45) is 0 Å². The first kappa shape index (κ1) is 21.9. The van der Waals surface area contributed by atoms with E-state index in [1.807, 2.05) is 31.2 Å². The van der Waals surface area contributed by atoms with Crippen molar-refractivity contribution in [1.82, 2.24) is 19.6 Å². The van der Waals surface area contributed by atoms with E-state index in [-0.39, 0.29) is 5.02 Å². The molecule has 3 heterocycles. The summed E-state index contributed by atoms with van der Waals surface area (Å²) >= 11 is 6.25. The molecular weight excluding hydrogens is 429 g/mol. The van der Waals surface area contributed by atoms with Crippen LogP contribution in [0.4, 0.5) is 13.2 Å². The number of rotatable bonds is 5. The molecule has 31 heavy (non-hydrogen) atoms. The summed E-state index contributed by atoms with van der Waals surface area (Å²) in [5.74, 6) is 0.729. The Morgan fingerprint density at radius 2 is 1.94 bits per heavy atom. The molecule has 166 valence electrons. The fourth-order valence-electron chi connectivity index (χ4n) is 3.84. The molecule has 1 aliphatic heterocycles. The molecule has 4 rings (SSSR count). The van der Waals surface area contributed by atoms with Crippen LogP contribution in [0.3, 0.4) is 0 Å². The van der Waals surface area contributed by atoms with Gasteiger partial charge >= 0.3 is 6.18 Å². The molecule has 5 nitrogen and oxygen atoms in total. The molecule has 2 aromatic heterocycles. The van der Waals surface area contributed by atoms with Crippen molar-refractivity contribution in [2.75, 3.05) is 32.8 Å². The quantitative estimate of drug-likeness (QED) is 0.600. The van der Waals surface area contributed by atoms with E-state index in [0.29, 0.717) is 30.2 Å². The fraction of sp³-hybridized carbons (Fsp3) is 0.409. The maximum Gasteiger partial charge on any atom is 0.417 e. The monoisotopic (exact) mass is 452 g/mol. The van der Waals surface area contributed by atoms with Crippen molar-refractivity contribution < 1.29 is 17.9 Å². The van der Waals surface area contributed by atoms with Gasteiger partial charge in [-0.3, -0.25) is 4.90 Å². The summed E-state index contributed by atoms with van der Waals surface area (Å²) < 4.78 is 47.4. The van der Waals surface area contributed by atoms with Crippen molar-refractivity contribution in [2.45, 2.75) is 26.1 Å². The zero-order valence-corrected chi connectivity index (χ0v) is 17.9. The van der Waals surface area contributed by atoms with E-state index in [4.69, 9.17) is 16.3 Å². The van der Waals surface area contributed by atoms with Gasteiger partial charge in [0.25, 0.3) is 0 Å². The van der Waals surface area contributed by atoms with Crippen LogP contribution in [0.5, 0.6) is 5.75 Å². The van der Waals surface area contributed by atoms with Crippen molar-refractivity contribution in [3.05, 3.63) is 52.8 Å². The third-order valence-corrected chi connectivity index (χ3v) is 5.62. The lowest BCUT2D eigenvalue weighted by atomic mass is 10.1. The zero-order chi connectivity index (χ0) is 22.0. The lowest BCUT2D eigenvalue weighted by Crippen LogP contribution is -2.28. The predicted octanol–water partition coefficient (Wildman–Crippen LogP) is 4.87. The van der Waals surface area contributed by atoms with Crippen LogP contribution in [0, 0.1) is 0 Å². The average molecular weight is 453 g/mol. The van der Waals surface area contributed by atoms with Crippen LogP contribution in [-0.4, -0.2) is 47.1 Å². The molecule has 9 heteroatoms. The molecule has 0 radical (unpaired) electrons. The molecule has 0 bridgehead atoms. The van der Waals surface area contributed by atoms with Gasteiger partial charge in [-0.2, -0.15) is 13.2 Å². The van der Waals surface area contributed by atoms with E-state index < -0.39 is 11.7 Å². The Labute approximate surface area is 183 Å². The van der Waals surface area contributed by atoms with Crippen molar-refractivity contribution in [3.63, 3.8) is 0 Å². The molecule has 0 atom stereocenters. The van der Waals surface area contributed by atoms with E-state index in [1.54, 1.807) is 0 Å². The number of fused-ring (bicyclic) bond motifs is 1. The van der Waals surface area contributed by atoms with Crippen molar-refractivity contribution >= 4 is 17.2 Å². The van der Waals surface area contributed by atoms with E-state index in [1.165, 1.54) is 4.40 Å². The third kappa shape index (κ3) is 4.81. The summed E-state index contributed by atoms with van der Waals surface area (Å²) in [4.78, 5) is 6.88. The molecule has 3 aromatic rings. The van der Waals surface area contributed by atoms with Gasteiger partial charge in [-0.05, 0) is 56.8 Å².